The van der Waals surface area contributed by atoms with Crippen LogP contribution in [0.5, 0.6) is 0 Å². The van der Waals surface area contributed by atoms with Gasteiger partial charge in [0.1, 0.15) is 5.82 Å². The largest absolute Gasteiger partial charge is 0.334 e. The van der Waals surface area contributed by atoms with Crippen molar-refractivity contribution in [2.75, 3.05) is 13.1 Å². The molecule has 17 heavy (non-hydrogen) atoms. The molecule has 0 saturated carbocycles. The molecule has 1 aromatic carbocycles. The number of carbonyl (C=O) groups excluding carboxylic acids is 1. The molecule has 1 aliphatic rings. The lowest BCUT2D eigenvalue weighted by Crippen LogP contribution is -2.40. The first kappa shape index (κ1) is 12.3. The Hall–Kier alpha value is -1.13. The summed E-state index contributed by atoms with van der Waals surface area (Å²) in [6, 6.07) is 4.25. The van der Waals surface area contributed by atoms with Crippen molar-refractivity contribution in [3.05, 3.63) is 34.6 Å². The van der Waals surface area contributed by atoms with E-state index in [0.29, 0.717) is 13.1 Å². The molecule has 0 aromatic heterocycles. The Bertz CT molecular complexity index is 418. The minimum Gasteiger partial charge on any atom is -0.334 e. The monoisotopic (exact) mass is 256 g/mol. The van der Waals surface area contributed by atoms with E-state index in [-0.39, 0.29) is 22.5 Å². The van der Waals surface area contributed by atoms with Gasteiger partial charge in [-0.2, -0.15) is 0 Å². The summed E-state index contributed by atoms with van der Waals surface area (Å²) in [4.78, 5) is 13.8. The van der Waals surface area contributed by atoms with Gasteiger partial charge in [0.25, 0.3) is 5.91 Å². The zero-order valence-electron chi connectivity index (χ0n) is 9.33. The van der Waals surface area contributed by atoms with E-state index in [1.807, 2.05) is 0 Å². The Kier molecular flexibility index (Phi) is 3.64. The van der Waals surface area contributed by atoms with Crippen LogP contribution in [0.2, 0.25) is 5.02 Å². The van der Waals surface area contributed by atoms with Gasteiger partial charge in [0, 0.05) is 19.1 Å². The summed E-state index contributed by atoms with van der Waals surface area (Å²) in [6.45, 7) is 1.02. The number of amides is 1. The zero-order chi connectivity index (χ0) is 12.4. The molecular formula is C12H14ClFN2O. The molecule has 3 nitrogen and oxygen atoms in total. The lowest BCUT2D eigenvalue weighted by Gasteiger charge is -2.24. The van der Waals surface area contributed by atoms with Crippen LogP contribution in [0.4, 0.5) is 4.39 Å². The summed E-state index contributed by atoms with van der Waals surface area (Å²) in [7, 11) is 0. The van der Waals surface area contributed by atoms with Gasteiger partial charge in [-0.1, -0.05) is 17.7 Å². The second-order valence-electron chi connectivity index (χ2n) is 4.13. The minimum atomic E-state index is -0.579. The van der Waals surface area contributed by atoms with E-state index in [1.54, 1.807) is 4.90 Å². The van der Waals surface area contributed by atoms with Crippen LogP contribution in [0.15, 0.2) is 18.2 Å². The lowest BCUT2D eigenvalue weighted by molar-refractivity contribution is 0.0736. The molecular weight excluding hydrogens is 243 g/mol. The van der Waals surface area contributed by atoms with Crippen molar-refractivity contribution in [2.24, 2.45) is 5.73 Å². The smallest absolute Gasteiger partial charge is 0.258 e. The van der Waals surface area contributed by atoms with E-state index in [4.69, 9.17) is 17.3 Å². The van der Waals surface area contributed by atoms with Crippen molar-refractivity contribution in [1.82, 2.24) is 4.90 Å². The van der Waals surface area contributed by atoms with Gasteiger partial charge in [-0.25, -0.2) is 4.39 Å². The van der Waals surface area contributed by atoms with Crippen LogP contribution in [-0.2, 0) is 0 Å². The van der Waals surface area contributed by atoms with Gasteiger partial charge in [0.05, 0.1) is 10.6 Å². The maximum atomic E-state index is 13.6. The number of benzene rings is 1. The second-order valence-corrected chi connectivity index (χ2v) is 4.53. The highest BCUT2D eigenvalue weighted by molar-refractivity contribution is 6.33. The Morgan fingerprint density at radius 2 is 2.35 bits per heavy atom. The highest BCUT2D eigenvalue weighted by Crippen LogP contribution is 2.25. The van der Waals surface area contributed by atoms with Crippen LogP contribution >= 0.6 is 11.6 Å². The SMILES string of the molecule is NCC1CCCN1C(=O)c1c(F)cccc1Cl. The number of hydrogen-bond donors (Lipinski definition) is 1. The normalized spacial score (nSPS) is 19.7. The summed E-state index contributed by atoms with van der Waals surface area (Å²) in [5, 5.41) is 0.151. The molecule has 0 bridgehead atoms. The van der Waals surface area contributed by atoms with E-state index in [2.05, 4.69) is 0 Å². The van der Waals surface area contributed by atoms with Crippen molar-refractivity contribution in [1.29, 1.82) is 0 Å². The van der Waals surface area contributed by atoms with Gasteiger partial charge in [0.15, 0.2) is 0 Å². The molecule has 1 aromatic rings. The van der Waals surface area contributed by atoms with Gasteiger partial charge >= 0.3 is 0 Å². The van der Waals surface area contributed by atoms with Gasteiger partial charge < -0.3 is 10.6 Å². The quantitative estimate of drug-likeness (QED) is 0.880. The number of hydrogen-bond acceptors (Lipinski definition) is 2. The number of carbonyl (C=O) groups is 1. The first-order valence-electron chi connectivity index (χ1n) is 5.60. The molecule has 1 atom stereocenters. The van der Waals surface area contributed by atoms with Crippen LogP contribution in [0.1, 0.15) is 23.2 Å². The van der Waals surface area contributed by atoms with Crippen molar-refractivity contribution in [2.45, 2.75) is 18.9 Å². The number of likely N-dealkylation sites (tertiary alicyclic amines) is 1. The molecule has 92 valence electrons. The number of rotatable bonds is 2. The highest BCUT2D eigenvalue weighted by Gasteiger charge is 2.30. The third kappa shape index (κ3) is 2.28. The molecule has 1 saturated heterocycles. The fourth-order valence-corrected chi connectivity index (χ4v) is 2.44. The second kappa shape index (κ2) is 5.02. The van der Waals surface area contributed by atoms with Crippen molar-refractivity contribution >= 4 is 17.5 Å². The average molecular weight is 257 g/mol. The Labute approximate surface area is 104 Å². The number of nitrogens with zero attached hydrogens (tertiary/aromatic N) is 1. The first-order valence-corrected chi connectivity index (χ1v) is 5.98. The average Bonchev–Trinajstić information content (AvgIpc) is 2.76. The molecule has 5 heteroatoms. The summed E-state index contributed by atoms with van der Waals surface area (Å²) in [5.74, 6) is -0.939. The number of nitrogens with two attached hydrogens (primary N) is 1. The predicted octanol–water partition coefficient (Wildman–Crippen LogP) is 2.04. The molecule has 0 radical (unpaired) electrons. The third-order valence-corrected chi connectivity index (χ3v) is 3.40. The molecule has 1 heterocycles. The number of halogens is 2. The van der Waals surface area contributed by atoms with Gasteiger partial charge in [-0.15, -0.1) is 0 Å². The summed E-state index contributed by atoms with van der Waals surface area (Å²) < 4.78 is 13.6. The highest BCUT2D eigenvalue weighted by atomic mass is 35.5. The molecule has 1 fully saturated rings. The molecule has 1 amide bonds. The van der Waals surface area contributed by atoms with Crippen molar-refractivity contribution in [3.8, 4) is 0 Å². The van der Waals surface area contributed by atoms with E-state index < -0.39 is 5.82 Å². The molecule has 2 rings (SSSR count). The van der Waals surface area contributed by atoms with Crippen molar-refractivity contribution < 1.29 is 9.18 Å². The van der Waals surface area contributed by atoms with Gasteiger partial charge in [-0.3, -0.25) is 4.79 Å². The van der Waals surface area contributed by atoms with Crippen LogP contribution < -0.4 is 5.73 Å². The molecule has 0 spiro atoms. The van der Waals surface area contributed by atoms with E-state index in [9.17, 15) is 9.18 Å². The molecule has 0 aliphatic carbocycles. The summed E-state index contributed by atoms with van der Waals surface area (Å²) in [5.41, 5.74) is 5.55. The fraction of sp³-hybridized carbons (Fsp3) is 0.417. The minimum absolute atomic E-state index is 0.00169. The van der Waals surface area contributed by atoms with Crippen molar-refractivity contribution in [3.63, 3.8) is 0 Å². The van der Waals surface area contributed by atoms with Crippen LogP contribution in [0.3, 0.4) is 0 Å². The van der Waals surface area contributed by atoms with Gasteiger partial charge in [-0.05, 0) is 25.0 Å². The molecule has 1 aliphatic heterocycles. The summed E-state index contributed by atoms with van der Waals surface area (Å²) in [6.07, 6.45) is 1.77. The lowest BCUT2D eigenvalue weighted by atomic mass is 10.1. The molecule has 2 N–H and O–H groups in total. The third-order valence-electron chi connectivity index (χ3n) is 3.09. The first-order chi connectivity index (χ1) is 8.15. The van der Waals surface area contributed by atoms with Crippen LogP contribution in [0.25, 0.3) is 0 Å². The maximum absolute atomic E-state index is 13.6. The van der Waals surface area contributed by atoms with E-state index in [1.165, 1.54) is 18.2 Å². The Morgan fingerprint density at radius 3 is 3.00 bits per heavy atom. The summed E-state index contributed by atoms with van der Waals surface area (Å²) >= 11 is 5.87. The van der Waals surface area contributed by atoms with Gasteiger partial charge in [0.2, 0.25) is 0 Å². The molecule has 1 unspecified atom stereocenters. The van der Waals surface area contributed by atoms with E-state index >= 15 is 0 Å². The predicted molar refractivity (Wildman–Crippen MR) is 64.5 cm³/mol. The van der Waals surface area contributed by atoms with Crippen LogP contribution in [-0.4, -0.2) is 29.9 Å². The van der Waals surface area contributed by atoms with E-state index in [0.717, 1.165) is 12.8 Å². The fourth-order valence-electron chi connectivity index (χ4n) is 2.19. The zero-order valence-corrected chi connectivity index (χ0v) is 10.1. The standard InChI is InChI=1S/C12H14ClFN2O/c13-9-4-1-5-10(14)11(9)12(17)16-6-2-3-8(16)7-15/h1,4-5,8H,2-3,6-7,15H2. The topological polar surface area (TPSA) is 46.3 Å². The Balaban J connectivity index is 2.31. The van der Waals surface area contributed by atoms with Crippen LogP contribution in [0, 0.1) is 5.82 Å². The Morgan fingerprint density at radius 1 is 1.59 bits per heavy atom. The maximum Gasteiger partial charge on any atom is 0.258 e.